The van der Waals surface area contributed by atoms with Gasteiger partial charge in [-0.25, -0.2) is 0 Å². The van der Waals surface area contributed by atoms with Crippen LogP contribution in [0.5, 0.6) is 0 Å². The largest absolute Gasteiger partial charge is 0.413 e. The second-order valence-electron chi connectivity index (χ2n) is 2.14. The number of benzene rings is 1. The molecule has 0 atom stereocenters. The highest BCUT2D eigenvalue weighted by molar-refractivity contribution is 7.71. The first-order chi connectivity index (χ1) is 5.68. The second kappa shape index (κ2) is 2.76. The highest BCUT2D eigenvalue weighted by Gasteiger charge is 2.08. The van der Waals surface area contributed by atoms with Gasteiger partial charge in [-0.05, 0) is 12.1 Å². The maximum atomic E-state index is 5.81. The number of halogens is 2. The summed E-state index contributed by atoms with van der Waals surface area (Å²) >= 11 is 16.2. The van der Waals surface area contributed by atoms with Crippen molar-refractivity contribution < 1.29 is 8.83 Å². The van der Waals surface area contributed by atoms with Crippen LogP contribution in [0.3, 0.4) is 0 Å². The number of rotatable bonds is 0. The van der Waals surface area contributed by atoms with Gasteiger partial charge in [0.1, 0.15) is 5.02 Å². The molecule has 62 valence electrons. The van der Waals surface area contributed by atoms with Crippen LogP contribution in [0.4, 0.5) is 0 Å². The van der Waals surface area contributed by atoms with E-state index in [1.54, 1.807) is 12.1 Å². The molecule has 0 aliphatic rings. The Labute approximate surface area is 82.7 Å². The Morgan fingerprint density at radius 2 is 1.92 bits per heavy atom. The molecule has 0 radical (unpaired) electrons. The van der Waals surface area contributed by atoms with Gasteiger partial charge in [-0.1, -0.05) is 23.2 Å². The fourth-order valence-electron chi connectivity index (χ4n) is 0.884. The summed E-state index contributed by atoms with van der Waals surface area (Å²) in [6, 6.07) is 3.28. The molecule has 0 fully saturated rings. The van der Waals surface area contributed by atoms with Crippen molar-refractivity contribution in [3.05, 3.63) is 27.1 Å². The van der Waals surface area contributed by atoms with Gasteiger partial charge >= 0.3 is 4.90 Å². The van der Waals surface area contributed by atoms with Crippen LogP contribution in [0, 0.1) is 4.90 Å². The van der Waals surface area contributed by atoms with Crippen molar-refractivity contribution in [1.29, 1.82) is 0 Å². The Balaban J connectivity index is 2.99. The van der Waals surface area contributed by atoms with E-state index < -0.39 is 0 Å². The molecule has 0 amide bonds. The molecule has 2 aromatic rings. The fourth-order valence-corrected chi connectivity index (χ4v) is 1.40. The summed E-state index contributed by atoms with van der Waals surface area (Å²) in [4.78, 5) is 0.0502. The molecule has 2 rings (SSSR count). The minimum absolute atomic E-state index is 0.0502. The van der Waals surface area contributed by atoms with Crippen molar-refractivity contribution in [2.75, 3.05) is 0 Å². The van der Waals surface area contributed by atoms with Crippen LogP contribution in [-0.2, 0) is 0 Å². The van der Waals surface area contributed by atoms with Crippen LogP contribution in [-0.4, -0.2) is 0 Å². The number of hydrogen-bond acceptors (Lipinski definition) is 3. The molecule has 1 aromatic heterocycles. The lowest BCUT2D eigenvalue weighted by Crippen LogP contribution is -1.68. The van der Waals surface area contributed by atoms with Crippen LogP contribution < -0.4 is 0 Å². The lowest BCUT2D eigenvalue weighted by molar-refractivity contribution is 0.444. The average molecular weight is 221 g/mol. The van der Waals surface area contributed by atoms with Crippen LogP contribution in [0.25, 0.3) is 11.2 Å². The number of hydrogen-bond donors (Lipinski definition) is 0. The highest BCUT2D eigenvalue weighted by atomic mass is 35.5. The van der Waals surface area contributed by atoms with Crippen molar-refractivity contribution in [3.8, 4) is 0 Å². The van der Waals surface area contributed by atoms with E-state index >= 15 is 0 Å². The van der Waals surface area contributed by atoms with Crippen molar-refractivity contribution in [2.24, 2.45) is 0 Å². The normalized spacial score (nSPS) is 10.8. The maximum Gasteiger partial charge on any atom is 0.363 e. The second-order valence-corrected chi connectivity index (χ2v) is 3.26. The highest BCUT2D eigenvalue weighted by Crippen LogP contribution is 2.31. The zero-order valence-corrected chi connectivity index (χ0v) is 7.96. The van der Waals surface area contributed by atoms with E-state index in [2.05, 4.69) is 12.2 Å². The first-order valence-corrected chi connectivity index (χ1v) is 4.22. The molecule has 0 aliphatic carbocycles. The summed E-state index contributed by atoms with van der Waals surface area (Å²) in [5.41, 5.74) is 0.906. The molecule has 5 heteroatoms. The van der Waals surface area contributed by atoms with Gasteiger partial charge in [0.25, 0.3) is 0 Å². The van der Waals surface area contributed by atoms with Gasteiger partial charge < -0.3 is 8.83 Å². The molecular formula is C7H2Cl2O2S. The molecule has 1 heterocycles. The Morgan fingerprint density at radius 1 is 1.17 bits per heavy atom. The summed E-state index contributed by atoms with van der Waals surface area (Å²) in [6.07, 6.45) is 0. The van der Waals surface area contributed by atoms with Crippen LogP contribution >= 0.6 is 35.4 Å². The third-order valence-corrected chi connectivity index (χ3v) is 2.35. The molecular weight excluding hydrogens is 219 g/mol. The van der Waals surface area contributed by atoms with Gasteiger partial charge in [0, 0.05) is 12.2 Å². The third kappa shape index (κ3) is 1.14. The van der Waals surface area contributed by atoms with Crippen molar-refractivity contribution in [1.82, 2.24) is 0 Å². The van der Waals surface area contributed by atoms with Gasteiger partial charge in [0.15, 0.2) is 11.2 Å². The van der Waals surface area contributed by atoms with Gasteiger partial charge in [-0.2, -0.15) is 0 Å². The lowest BCUT2D eigenvalue weighted by atomic mass is 10.3. The van der Waals surface area contributed by atoms with Crippen molar-refractivity contribution in [3.63, 3.8) is 0 Å². The molecule has 2 nitrogen and oxygen atoms in total. The fraction of sp³-hybridized carbons (Fsp3) is 0. The predicted molar refractivity (Wildman–Crippen MR) is 49.3 cm³/mol. The third-order valence-electron chi connectivity index (χ3n) is 1.39. The molecule has 0 bridgehead atoms. The summed E-state index contributed by atoms with van der Waals surface area (Å²) in [6.45, 7) is 0. The average Bonchev–Trinajstić information content (AvgIpc) is 2.39. The van der Waals surface area contributed by atoms with Crippen molar-refractivity contribution in [2.45, 2.75) is 0 Å². The monoisotopic (exact) mass is 220 g/mol. The molecule has 12 heavy (non-hydrogen) atoms. The Bertz CT molecular complexity index is 486. The zero-order valence-electron chi connectivity index (χ0n) is 5.64. The number of fused-ring (bicyclic) bond motifs is 1. The summed E-state index contributed by atoms with van der Waals surface area (Å²) in [5.74, 6) is 0. The van der Waals surface area contributed by atoms with Gasteiger partial charge in [0.2, 0.25) is 0 Å². The van der Waals surface area contributed by atoms with Gasteiger partial charge in [-0.3, -0.25) is 0 Å². The Hall–Kier alpha value is -0.510. The summed E-state index contributed by atoms with van der Waals surface area (Å²) in [7, 11) is 0. The first kappa shape index (κ1) is 8.10. The van der Waals surface area contributed by atoms with E-state index in [4.69, 9.17) is 32.0 Å². The van der Waals surface area contributed by atoms with E-state index in [9.17, 15) is 0 Å². The minimum Gasteiger partial charge on any atom is -0.413 e. The molecule has 0 saturated heterocycles. The zero-order chi connectivity index (χ0) is 8.72. The smallest absolute Gasteiger partial charge is 0.363 e. The minimum atomic E-state index is 0.0502. The summed E-state index contributed by atoms with van der Waals surface area (Å²) in [5, 5.41) is 0.748. The molecule has 0 unspecified atom stereocenters. The van der Waals surface area contributed by atoms with E-state index in [0.29, 0.717) is 21.2 Å². The van der Waals surface area contributed by atoms with Crippen LogP contribution in [0.1, 0.15) is 0 Å². The lowest BCUT2D eigenvalue weighted by Gasteiger charge is -1.91. The molecule has 0 aliphatic heterocycles. The van der Waals surface area contributed by atoms with Gasteiger partial charge in [-0.15, -0.1) is 0 Å². The predicted octanol–water partition coefficient (Wildman–Crippen LogP) is 4.06. The van der Waals surface area contributed by atoms with E-state index in [-0.39, 0.29) is 4.90 Å². The van der Waals surface area contributed by atoms with Crippen LogP contribution in [0.15, 0.2) is 21.0 Å². The first-order valence-electron chi connectivity index (χ1n) is 3.06. The van der Waals surface area contributed by atoms with Gasteiger partial charge in [0.05, 0.1) is 5.02 Å². The quantitative estimate of drug-likeness (QED) is 0.627. The van der Waals surface area contributed by atoms with Crippen molar-refractivity contribution >= 4 is 46.6 Å². The van der Waals surface area contributed by atoms with E-state index in [1.807, 2.05) is 0 Å². The topological polar surface area (TPSA) is 26.3 Å². The SMILES string of the molecule is S=c1oc2ccc(Cl)c(Cl)c2o1. The molecule has 1 aromatic carbocycles. The Morgan fingerprint density at radius 3 is 2.67 bits per heavy atom. The standard InChI is InChI=1S/C7H2Cl2O2S/c8-3-1-2-4-6(5(3)9)11-7(12)10-4/h1-2H. The molecule has 0 N–H and O–H groups in total. The Kier molecular flexibility index (Phi) is 1.87. The van der Waals surface area contributed by atoms with E-state index in [1.165, 1.54) is 0 Å². The summed E-state index contributed by atoms with van der Waals surface area (Å²) < 4.78 is 10.0. The maximum absolute atomic E-state index is 5.81. The molecule has 0 saturated carbocycles. The van der Waals surface area contributed by atoms with E-state index in [0.717, 1.165) is 0 Å². The van der Waals surface area contributed by atoms with Crippen LogP contribution in [0.2, 0.25) is 10.0 Å². The molecule has 0 spiro atoms.